The van der Waals surface area contributed by atoms with E-state index >= 15 is 0 Å². The maximum atomic E-state index is 12.5. The van der Waals surface area contributed by atoms with Gasteiger partial charge in [-0.15, -0.1) is 0 Å². The maximum absolute atomic E-state index is 12.5. The van der Waals surface area contributed by atoms with E-state index < -0.39 is 0 Å². The summed E-state index contributed by atoms with van der Waals surface area (Å²) in [7, 11) is 0. The smallest absolute Gasteiger partial charge is 0.240 e. The van der Waals surface area contributed by atoms with Crippen LogP contribution < -0.4 is 5.43 Å². The molecule has 0 aromatic heterocycles. The van der Waals surface area contributed by atoms with E-state index in [4.69, 9.17) is 0 Å². The van der Waals surface area contributed by atoms with E-state index in [9.17, 15) is 4.79 Å². The van der Waals surface area contributed by atoms with Gasteiger partial charge in [0, 0.05) is 12.1 Å². The first-order chi connectivity index (χ1) is 11.2. The first-order valence-corrected chi connectivity index (χ1v) is 10.1. The van der Waals surface area contributed by atoms with Crippen molar-refractivity contribution in [2.45, 2.75) is 89.9 Å². The fourth-order valence-corrected chi connectivity index (χ4v) is 6.45. The van der Waals surface area contributed by atoms with Crippen LogP contribution >= 0.6 is 0 Å². The summed E-state index contributed by atoms with van der Waals surface area (Å²) in [5, 5.41) is 4.50. The summed E-state index contributed by atoms with van der Waals surface area (Å²) in [6.45, 7) is 0. The lowest BCUT2D eigenvalue weighted by molar-refractivity contribution is -0.129. The molecular formula is C20H32N2O. The molecule has 4 bridgehead atoms. The molecule has 0 aromatic rings. The van der Waals surface area contributed by atoms with Gasteiger partial charge in [0.25, 0.3) is 0 Å². The number of nitrogens with one attached hydrogen (secondary N) is 1. The van der Waals surface area contributed by atoms with E-state index in [1.807, 2.05) is 0 Å². The zero-order chi connectivity index (χ0) is 15.7. The molecule has 3 nitrogen and oxygen atoms in total. The number of carbonyl (C=O) groups excluding carboxylic acids is 1. The van der Waals surface area contributed by atoms with Crippen LogP contribution in [-0.4, -0.2) is 11.6 Å². The van der Waals surface area contributed by atoms with Gasteiger partial charge >= 0.3 is 0 Å². The van der Waals surface area contributed by atoms with Gasteiger partial charge in [-0.3, -0.25) is 4.79 Å². The van der Waals surface area contributed by atoms with Gasteiger partial charge in [-0.2, -0.15) is 5.10 Å². The molecule has 1 amide bonds. The fraction of sp³-hybridized carbons (Fsp3) is 0.900. The summed E-state index contributed by atoms with van der Waals surface area (Å²) >= 11 is 0. The number of hydrazone groups is 1. The summed E-state index contributed by atoms with van der Waals surface area (Å²) < 4.78 is 0. The molecule has 5 aliphatic rings. The average Bonchev–Trinajstić information content (AvgIpc) is 2.44. The number of hydrogen-bond acceptors (Lipinski definition) is 2. The highest BCUT2D eigenvalue weighted by molar-refractivity contribution is 5.86. The number of carbonyl (C=O) groups is 1. The van der Waals surface area contributed by atoms with Crippen molar-refractivity contribution in [1.82, 2.24) is 5.43 Å². The second kappa shape index (κ2) is 6.57. The Kier molecular flexibility index (Phi) is 4.47. The summed E-state index contributed by atoms with van der Waals surface area (Å²) in [5.41, 5.74) is 4.48. The van der Waals surface area contributed by atoms with Gasteiger partial charge in [0.1, 0.15) is 0 Å². The first kappa shape index (κ1) is 15.7. The van der Waals surface area contributed by atoms with Crippen LogP contribution in [0.15, 0.2) is 5.10 Å². The van der Waals surface area contributed by atoms with Crippen molar-refractivity contribution < 1.29 is 4.79 Å². The Labute approximate surface area is 140 Å². The minimum atomic E-state index is 0.182. The van der Waals surface area contributed by atoms with Crippen LogP contribution in [0.5, 0.6) is 0 Å². The average molecular weight is 316 g/mol. The second-order valence-corrected chi connectivity index (χ2v) is 9.08. The summed E-state index contributed by atoms with van der Waals surface area (Å²) in [6.07, 6.45) is 17.6. The van der Waals surface area contributed by atoms with Crippen molar-refractivity contribution in [2.24, 2.45) is 28.3 Å². The Hall–Kier alpha value is -0.860. The monoisotopic (exact) mass is 316 g/mol. The van der Waals surface area contributed by atoms with Crippen molar-refractivity contribution >= 4 is 11.6 Å². The van der Waals surface area contributed by atoms with Gasteiger partial charge in [-0.05, 0) is 87.4 Å². The van der Waals surface area contributed by atoms with Crippen LogP contribution in [0.3, 0.4) is 0 Å². The van der Waals surface area contributed by atoms with Gasteiger partial charge in [-0.1, -0.05) is 19.3 Å². The van der Waals surface area contributed by atoms with Crippen LogP contribution in [0.4, 0.5) is 0 Å². The lowest BCUT2D eigenvalue weighted by Gasteiger charge is -2.56. The van der Waals surface area contributed by atoms with E-state index in [1.54, 1.807) is 0 Å². The Balaban J connectivity index is 1.33. The van der Waals surface area contributed by atoms with E-state index in [1.165, 1.54) is 76.3 Å². The lowest BCUT2D eigenvalue weighted by Crippen LogP contribution is -2.47. The molecule has 1 N–H and O–H groups in total. The Morgan fingerprint density at radius 3 is 2.00 bits per heavy atom. The molecule has 0 spiro atoms. The molecule has 0 radical (unpaired) electrons. The highest BCUT2D eigenvalue weighted by atomic mass is 16.2. The molecule has 0 aliphatic heterocycles. The zero-order valence-electron chi connectivity index (χ0n) is 14.5. The highest BCUT2D eigenvalue weighted by Gasteiger charge is 2.51. The molecule has 0 unspecified atom stereocenters. The van der Waals surface area contributed by atoms with Crippen LogP contribution in [0.2, 0.25) is 0 Å². The van der Waals surface area contributed by atoms with Crippen LogP contribution in [-0.2, 0) is 4.79 Å². The van der Waals surface area contributed by atoms with Gasteiger partial charge < -0.3 is 0 Å². The van der Waals surface area contributed by atoms with Crippen LogP contribution in [0, 0.1) is 23.2 Å². The molecule has 5 saturated carbocycles. The largest absolute Gasteiger partial charge is 0.273 e. The lowest BCUT2D eigenvalue weighted by atomic mass is 9.49. The van der Waals surface area contributed by atoms with Crippen molar-refractivity contribution in [1.29, 1.82) is 0 Å². The van der Waals surface area contributed by atoms with Gasteiger partial charge in [-0.25, -0.2) is 5.43 Å². The predicted molar refractivity (Wildman–Crippen MR) is 93.1 cm³/mol. The highest BCUT2D eigenvalue weighted by Crippen LogP contribution is 2.61. The molecule has 0 saturated heterocycles. The molecule has 0 aromatic carbocycles. The van der Waals surface area contributed by atoms with Crippen molar-refractivity contribution in [3.8, 4) is 0 Å². The quantitative estimate of drug-likeness (QED) is 0.746. The van der Waals surface area contributed by atoms with Crippen molar-refractivity contribution in [2.75, 3.05) is 0 Å². The third-order valence-electron chi connectivity index (χ3n) is 6.97. The molecule has 23 heavy (non-hydrogen) atoms. The Bertz CT molecular complexity index is 437. The Morgan fingerprint density at radius 1 is 0.913 bits per heavy atom. The van der Waals surface area contributed by atoms with E-state index in [0.29, 0.717) is 5.41 Å². The molecule has 0 atom stereocenters. The molecule has 0 heterocycles. The predicted octanol–water partition coefficient (Wildman–Crippen LogP) is 4.81. The molecule has 5 fully saturated rings. The Morgan fingerprint density at radius 2 is 1.43 bits per heavy atom. The normalized spacial score (nSPS) is 39.7. The molecule has 5 aliphatic carbocycles. The topological polar surface area (TPSA) is 41.5 Å². The minimum absolute atomic E-state index is 0.182. The van der Waals surface area contributed by atoms with Gasteiger partial charge in [0.05, 0.1) is 0 Å². The van der Waals surface area contributed by atoms with Crippen LogP contribution in [0.25, 0.3) is 0 Å². The van der Waals surface area contributed by atoms with E-state index in [2.05, 4.69) is 10.5 Å². The van der Waals surface area contributed by atoms with E-state index in [-0.39, 0.29) is 5.91 Å². The standard InChI is InChI=1S/C20H32N2O/c23-19(22-21-18-6-4-2-1-3-5-7-18)14-20-11-15-8-16(12-20)10-17(9-15)13-20/h15-17H,1-14H2,(H,22,23). The third-order valence-corrected chi connectivity index (χ3v) is 6.97. The SMILES string of the molecule is O=C(CC12CC3CC(CC(C3)C1)C2)NN=C1CCCCCCC1. The van der Waals surface area contributed by atoms with Crippen molar-refractivity contribution in [3.63, 3.8) is 0 Å². The molecule has 3 heteroatoms. The zero-order valence-corrected chi connectivity index (χ0v) is 14.5. The fourth-order valence-electron chi connectivity index (χ4n) is 6.45. The number of rotatable bonds is 3. The van der Waals surface area contributed by atoms with Crippen molar-refractivity contribution in [3.05, 3.63) is 0 Å². The first-order valence-electron chi connectivity index (χ1n) is 10.1. The minimum Gasteiger partial charge on any atom is -0.273 e. The van der Waals surface area contributed by atoms with Crippen LogP contribution in [0.1, 0.15) is 89.9 Å². The van der Waals surface area contributed by atoms with Gasteiger partial charge in [0.15, 0.2) is 0 Å². The molecule has 5 rings (SSSR count). The van der Waals surface area contributed by atoms with Gasteiger partial charge in [0.2, 0.25) is 5.91 Å². The third kappa shape index (κ3) is 3.64. The van der Waals surface area contributed by atoms with E-state index in [0.717, 1.165) is 37.0 Å². The number of nitrogens with zero attached hydrogens (tertiary/aromatic N) is 1. The molecule has 128 valence electrons. The maximum Gasteiger partial charge on any atom is 0.240 e. The summed E-state index contributed by atoms with van der Waals surface area (Å²) in [5.74, 6) is 2.95. The summed E-state index contributed by atoms with van der Waals surface area (Å²) in [4.78, 5) is 12.5. The molecular weight excluding hydrogens is 284 g/mol. The number of amides is 1. The second-order valence-electron chi connectivity index (χ2n) is 9.08. The number of hydrogen-bond donors (Lipinski definition) is 1. The summed E-state index contributed by atoms with van der Waals surface area (Å²) in [6, 6.07) is 0.